The molecule has 1 amide bonds. The number of hydrogen-bond donors (Lipinski definition) is 2. The van der Waals surface area contributed by atoms with Crippen molar-refractivity contribution in [3.63, 3.8) is 0 Å². The number of carbonyl (C=O) groups is 1. The van der Waals surface area contributed by atoms with Crippen molar-refractivity contribution in [2.24, 2.45) is 0 Å². The highest BCUT2D eigenvalue weighted by atomic mass is 35.5. The van der Waals surface area contributed by atoms with E-state index in [0.717, 1.165) is 22.9 Å². The Balaban J connectivity index is 0.00000200. The van der Waals surface area contributed by atoms with Gasteiger partial charge in [0.1, 0.15) is 5.01 Å². The van der Waals surface area contributed by atoms with Crippen molar-refractivity contribution in [2.75, 3.05) is 20.1 Å². The minimum absolute atomic E-state index is 0. The zero-order valence-electron chi connectivity index (χ0n) is 11.5. The lowest BCUT2D eigenvalue weighted by atomic mass is 10.3. The second kappa shape index (κ2) is 10.5. The SMILES string of the molecule is CNCCNC(=O)Cc1csc(-c2ccccn2)n1.Cl.Cl. The van der Waals surface area contributed by atoms with E-state index in [9.17, 15) is 4.79 Å². The van der Waals surface area contributed by atoms with Gasteiger partial charge in [-0.25, -0.2) is 4.98 Å². The zero-order chi connectivity index (χ0) is 13.5. The van der Waals surface area contributed by atoms with Gasteiger partial charge in [0.25, 0.3) is 0 Å². The number of nitrogens with zero attached hydrogens (tertiary/aromatic N) is 2. The Morgan fingerprint density at radius 3 is 2.76 bits per heavy atom. The summed E-state index contributed by atoms with van der Waals surface area (Å²) in [4.78, 5) is 20.3. The summed E-state index contributed by atoms with van der Waals surface area (Å²) in [6, 6.07) is 5.71. The third-order valence-electron chi connectivity index (χ3n) is 2.47. The minimum atomic E-state index is -0.00637. The molecule has 5 nitrogen and oxygen atoms in total. The molecule has 0 aliphatic rings. The van der Waals surface area contributed by atoms with Crippen LogP contribution in [0.4, 0.5) is 0 Å². The van der Waals surface area contributed by atoms with Gasteiger partial charge in [-0.15, -0.1) is 36.2 Å². The topological polar surface area (TPSA) is 66.9 Å². The number of pyridine rings is 1. The first-order chi connectivity index (χ1) is 9.29. The molecular weight excluding hydrogens is 331 g/mol. The van der Waals surface area contributed by atoms with Crippen molar-refractivity contribution in [3.8, 4) is 10.7 Å². The van der Waals surface area contributed by atoms with Gasteiger partial charge >= 0.3 is 0 Å². The Labute approximate surface area is 140 Å². The average molecular weight is 349 g/mol. The molecule has 0 radical (unpaired) electrons. The number of hydrogen-bond acceptors (Lipinski definition) is 5. The molecule has 8 heteroatoms. The third kappa shape index (κ3) is 6.39. The highest BCUT2D eigenvalue weighted by Gasteiger charge is 2.08. The van der Waals surface area contributed by atoms with Crippen molar-refractivity contribution >= 4 is 42.1 Å². The van der Waals surface area contributed by atoms with E-state index in [1.165, 1.54) is 11.3 Å². The van der Waals surface area contributed by atoms with Gasteiger partial charge < -0.3 is 10.6 Å². The first-order valence-corrected chi connectivity index (χ1v) is 6.94. The summed E-state index contributed by atoms with van der Waals surface area (Å²) < 4.78 is 0. The summed E-state index contributed by atoms with van der Waals surface area (Å²) in [7, 11) is 1.85. The number of halogens is 2. The van der Waals surface area contributed by atoms with Crippen LogP contribution in [0.15, 0.2) is 29.8 Å². The van der Waals surface area contributed by atoms with Gasteiger partial charge in [-0.2, -0.15) is 0 Å². The molecule has 21 heavy (non-hydrogen) atoms. The van der Waals surface area contributed by atoms with Gasteiger partial charge in [-0.3, -0.25) is 9.78 Å². The van der Waals surface area contributed by atoms with E-state index in [0.29, 0.717) is 13.0 Å². The number of aromatic nitrogens is 2. The van der Waals surface area contributed by atoms with E-state index in [1.54, 1.807) is 6.20 Å². The number of nitrogens with one attached hydrogen (secondary N) is 2. The van der Waals surface area contributed by atoms with Gasteiger partial charge in [0.05, 0.1) is 17.8 Å². The Morgan fingerprint density at radius 2 is 2.10 bits per heavy atom. The molecule has 0 aliphatic carbocycles. The van der Waals surface area contributed by atoms with Crippen LogP contribution in [0.3, 0.4) is 0 Å². The van der Waals surface area contributed by atoms with Crippen molar-refractivity contribution in [2.45, 2.75) is 6.42 Å². The maximum absolute atomic E-state index is 11.6. The summed E-state index contributed by atoms with van der Waals surface area (Å²) in [5, 5.41) is 8.56. The van der Waals surface area contributed by atoms with Crippen LogP contribution in [0.25, 0.3) is 10.7 Å². The van der Waals surface area contributed by atoms with Crippen LogP contribution in [0.5, 0.6) is 0 Å². The van der Waals surface area contributed by atoms with Gasteiger partial charge in [-0.1, -0.05) is 6.07 Å². The normalized spacial score (nSPS) is 9.38. The van der Waals surface area contributed by atoms with Gasteiger partial charge in [0.15, 0.2) is 0 Å². The predicted octanol–water partition coefficient (Wildman–Crippen LogP) is 1.93. The molecule has 0 unspecified atom stereocenters. The second-order valence-corrected chi connectivity index (χ2v) is 4.85. The second-order valence-electron chi connectivity index (χ2n) is 3.99. The molecule has 116 valence electrons. The standard InChI is InChI=1S/C13H16N4OS.2ClH/c1-14-6-7-16-12(18)8-10-9-19-13(17-10)11-4-2-3-5-15-11;;/h2-5,9,14H,6-8H2,1H3,(H,16,18);2*1H. The van der Waals surface area contributed by atoms with Crippen molar-refractivity contribution in [1.29, 1.82) is 0 Å². The number of rotatable bonds is 6. The molecule has 0 atom stereocenters. The van der Waals surface area contributed by atoms with Crippen LogP contribution in [-0.2, 0) is 11.2 Å². The molecule has 0 saturated heterocycles. The van der Waals surface area contributed by atoms with Crippen LogP contribution >= 0.6 is 36.2 Å². The van der Waals surface area contributed by atoms with Gasteiger partial charge in [-0.05, 0) is 19.2 Å². The molecule has 0 fully saturated rings. The minimum Gasteiger partial charge on any atom is -0.354 e. The fourth-order valence-corrected chi connectivity index (χ4v) is 2.34. The monoisotopic (exact) mass is 348 g/mol. The molecular formula is C13H18Cl2N4OS. The zero-order valence-corrected chi connectivity index (χ0v) is 14.0. The van der Waals surface area contributed by atoms with Gasteiger partial charge in [0, 0.05) is 24.7 Å². The predicted molar refractivity (Wildman–Crippen MR) is 90.5 cm³/mol. The van der Waals surface area contributed by atoms with Crippen LogP contribution in [0.1, 0.15) is 5.69 Å². The summed E-state index contributed by atoms with van der Waals surface area (Å²) >= 11 is 1.51. The Bertz CT molecular complexity index is 536. The molecule has 0 saturated carbocycles. The van der Waals surface area contributed by atoms with Crippen LogP contribution in [-0.4, -0.2) is 36.0 Å². The summed E-state index contributed by atoms with van der Waals surface area (Å²) in [5.41, 5.74) is 1.63. The molecule has 0 bridgehead atoms. The van der Waals surface area contributed by atoms with Crippen molar-refractivity contribution < 1.29 is 4.79 Å². The molecule has 2 N–H and O–H groups in total. The molecule has 2 rings (SSSR count). The van der Waals surface area contributed by atoms with E-state index < -0.39 is 0 Å². The first kappa shape index (κ1) is 19.8. The van der Waals surface area contributed by atoms with Crippen LogP contribution < -0.4 is 10.6 Å². The molecule has 0 aromatic carbocycles. The Morgan fingerprint density at radius 1 is 1.29 bits per heavy atom. The summed E-state index contributed by atoms with van der Waals surface area (Å²) in [6.45, 7) is 1.40. The number of likely N-dealkylation sites (N-methyl/N-ethyl adjacent to an activating group) is 1. The van der Waals surface area contributed by atoms with Gasteiger partial charge in [0.2, 0.25) is 5.91 Å². The van der Waals surface area contributed by atoms with Crippen molar-refractivity contribution in [3.05, 3.63) is 35.5 Å². The van der Waals surface area contributed by atoms with Crippen molar-refractivity contribution in [1.82, 2.24) is 20.6 Å². The smallest absolute Gasteiger partial charge is 0.226 e. The van der Waals surface area contributed by atoms with E-state index in [-0.39, 0.29) is 30.7 Å². The Hall–Kier alpha value is -1.21. The van der Waals surface area contributed by atoms with E-state index >= 15 is 0 Å². The maximum Gasteiger partial charge on any atom is 0.226 e. The fourth-order valence-electron chi connectivity index (χ4n) is 1.55. The lowest BCUT2D eigenvalue weighted by Gasteiger charge is -2.02. The third-order valence-corrected chi connectivity index (χ3v) is 3.39. The maximum atomic E-state index is 11.6. The van der Waals surface area contributed by atoms with E-state index in [1.807, 2.05) is 30.6 Å². The summed E-state index contributed by atoms with van der Waals surface area (Å²) in [5.74, 6) is -0.00637. The molecule has 2 aromatic heterocycles. The molecule has 2 heterocycles. The highest BCUT2D eigenvalue weighted by molar-refractivity contribution is 7.13. The quantitative estimate of drug-likeness (QED) is 0.782. The first-order valence-electron chi connectivity index (χ1n) is 6.06. The van der Waals surface area contributed by atoms with Crippen LogP contribution in [0.2, 0.25) is 0 Å². The highest BCUT2D eigenvalue weighted by Crippen LogP contribution is 2.21. The molecule has 2 aromatic rings. The molecule has 0 spiro atoms. The number of carbonyl (C=O) groups excluding carboxylic acids is 1. The summed E-state index contributed by atoms with van der Waals surface area (Å²) in [6.07, 6.45) is 2.05. The number of thiazole rings is 1. The fraction of sp³-hybridized carbons (Fsp3) is 0.308. The molecule has 0 aliphatic heterocycles. The van der Waals surface area contributed by atoms with Crippen LogP contribution in [0, 0.1) is 0 Å². The average Bonchev–Trinajstić information content (AvgIpc) is 2.88. The lowest BCUT2D eigenvalue weighted by molar-refractivity contribution is -0.120. The van der Waals surface area contributed by atoms with E-state index in [2.05, 4.69) is 20.6 Å². The largest absolute Gasteiger partial charge is 0.354 e. The lowest BCUT2D eigenvalue weighted by Crippen LogP contribution is -2.31. The number of amides is 1. The Kier molecular flexibility index (Phi) is 9.90. The van der Waals surface area contributed by atoms with E-state index in [4.69, 9.17) is 0 Å².